The van der Waals surface area contributed by atoms with Crippen LogP contribution in [0.25, 0.3) is 0 Å². The molecule has 3 N–H and O–H groups in total. The molecule has 0 aromatic carbocycles. The fraction of sp³-hybridized carbons (Fsp3) is 1.00. The van der Waals surface area contributed by atoms with Crippen molar-refractivity contribution in [1.82, 2.24) is 10.2 Å². The molecule has 0 amide bonds. The Labute approximate surface area is 81.7 Å². The lowest BCUT2D eigenvalue weighted by Crippen LogP contribution is -2.33. The Balaban J connectivity index is 1.86. The van der Waals surface area contributed by atoms with Crippen LogP contribution in [0.2, 0.25) is 0 Å². The van der Waals surface area contributed by atoms with Gasteiger partial charge in [-0.1, -0.05) is 6.42 Å². The van der Waals surface area contributed by atoms with Gasteiger partial charge in [0.1, 0.15) is 0 Å². The summed E-state index contributed by atoms with van der Waals surface area (Å²) < 4.78 is 0. The highest BCUT2D eigenvalue weighted by atomic mass is 15.1. The topological polar surface area (TPSA) is 41.3 Å². The molecule has 1 aliphatic rings. The molecule has 0 aromatic heterocycles. The Morgan fingerprint density at radius 2 is 1.85 bits per heavy atom. The Bertz CT molecular complexity index is 111. The highest BCUT2D eigenvalue weighted by molar-refractivity contribution is 4.64. The average molecular weight is 185 g/mol. The van der Waals surface area contributed by atoms with Crippen LogP contribution < -0.4 is 11.1 Å². The number of hydrogen-bond donors (Lipinski definition) is 2. The van der Waals surface area contributed by atoms with Gasteiger partial charge >= 0.3 is 0 Å². The van der Waals surface area contributed by atoms with E-state index in [4.69, 9.17) is 5.73 Å². The molecule has 1 heterocycles. The van der Waals surface area contributed by atoms with Crippen LogP contribution in [0.5, 0.6) is 0 Å². The quantitative estimate of drug-likeness (QED) is 0.589. The van der Waals surface area contributed by atoms with Crippen LogP contribution in [0.1, 0.15) is 25.7 Å². The highest BCUT2D eigenvalue weighted by Crippen LogP contribution is 2.08. The van der Waals surface area contributed by atoms with Gasteiger partial charge in [-0.15, -0.1) is 0 Å². The van der Waals surface area contributed by atoms with Gasteiger partial charge < -0.3 is 16.0 Å². The first-order valence-corrected chi connectivity index (χ1v) is 5.56. The summed E-state index contributed by atoms with van der Waals surface area (Å²) in [5, 5.41) is 3.32. The van der Waals surface area contributed by atoms with Crippen molar-refractivity contribution in [2.24, 2.45) is 5.73 Å². The van der Waals surface area contributed by atoms with Crippen molar-refractivity contribution in [1.29, 1.82) is 0 Å². The van der Waals surface area contributed by atoms with Crippen LogP contribution in [0.15, 0.2) is 0 Å². The lowest BCUT2D eigenvalue weighted by molar-refractivity contribution is 0.226. The molecular formula is C10H23N3. The molecule has 3 nitrogen and oxygen atoms in total. The summed E-state index contributed by atoms with van der Waals surface area (Å²) in [4.78, 5) is 2.58. The Hall–Kier alpha value is -0.120. The van der Waals surface area contributed by atoms with E-state index >= 15 is 0 Å². The minimum Gasteiger partial charge on any atom is -0.329 e. The molecular weight excluding hydrogens is 162 g/mol. The maximum Gasteiger partial charge on any atom is 0.00745 e. The molecule has 0 spiro atoms. The third kappa shape index (κ3) is 5.24. The smallest absolute Gasteiger partial charge is 0.00745 e. The van der Waals surface area contributed by atoms with Crippen molar-refractivity contribution in [2.45, 2.75) is 25.7 Å². The van der Waals surface area contributed by atoms with Crippen molar-refractivity contribution in [3.8, 4) is 0 Å². The average Bonchev–Trinajstić information content (AvgIpc) is 2.19. The van der Waals surface area contributed by atoms with E-state index in [1.165, 1.54) is 45.3 Å². The third-order valence-electron chi connectivity index (χ3n) is 2.60. The number of likely N-dealkylation sites (tertiary alicyclic amines) is 1. The lowest BCUT2D eigenvalue weighted by atomic mass is 10.1. The molecule has 0 atom stereocenters. The van der Waals surface area contributed by atoms with Crippen LogP contribution in [-0.4, -0.2) is 44.2 Å². The summed E-state index contributed by atoms with van der Waals surface area (Å²) in [5.41, 5.74) is 5.38. The molecule has 0 aromatic rings. The molecule has 0 bridgehead atoms. The van der Waals surface area contributed by atoms with Gasteiger partial charge in [0.2, 0.25) is 0 Å². The fourth-order valence-electron chi connectivity index (χ4n) is 1.84. The predicted octanol–water partition coefficient (Wildman–Crippen LogP) is 0.411. The zero-order valence-corrected chi connectivity index (χ0v) is 8.60. The van der Waals surface area contributed by atoms with Crippen LogP contribution in [0.3, 0.4) is 0 Å². The number of nitrogens with zero attached hydrogens (tertiary/aromatic N) is 1. The second-order valence-electron chi connectivity index (χ2n) is 3.79. The molecule has 1 aliphatic heterocycles. The van der Waals surface area contributed by atoms with Gasteiger partial charge in [-0.05, 0) is 45.4 Å². The van der Waals surface area contributed by atoms with Gasteiger partial charge in [-0.2, -0.15) is 0 Å². The van der Waals surface area contributed by atoms with Gasteiger partial charge in [0, 0.05) is 13.1 Å². The van der Waals surface area contributed by atoms with Crippen molar-refractivity contribution in [2.75, 3.05) is 39.3 Å². The number of rotatable bonds is 6. The Morgan fingerprint density at radius 3 is 2.54 bits per heavy atom. The molecule has 0 unspecified atom stereocenters. The first-order chi connectivity index (χ1) is 6.43. The Kier molecular flexibility index (Phi) is 6.15. The first kappa shape index (κ1) is 11.0. The summed E-state index contributed by atoms with van der Waals surface area (Å²) in [6.07, 6.45) is 5.49. The van der Waals surface area contributed by atoms with Crippen molar-refractivity contribution < 1.29 is 0 Å². The number of hydrogen-bond acceptors (Lipinski definition) is 3. The minimum atomic E-state index is 0.754. The van der Waals surface area contributed by atoms with E-state index in [0.29, 0.717) is 0 Å². The van der Waals surface area contributed by atoms with Gasteiger partial charge in [0.15, 0.2) is 0 Å². The number of nitrogens with one attached hydrogen (secondary N) is 1. The summed E-state index contributed by atoms with van der Waals surface area (Å²) >= 11 is 0. The SMILES string of the molecule is NCCNCCCN1CCCCC1. The fourth-order valence-corrected chi connectivity index (χ4v) is 1.84. The van der Waals surface area contributed by atoms with Gasteiger partial charge in [-0.3, -0.25) is 0 Å². The molecule has 13 heavy (non-hydrogen) atoms. The molecule has 3 heteroatoms. The van der Waals surface area contributed by atoms with Crippen LogP contribution >= 0.6 is 0 Å². The van der Waals surface area contributed by atoms with Crippen molar-refractivity contribution in [3.63, 3.8) is 0 Å². The van der Waals surface area contributed by atoms with E-state index in [0.717, 1.165) is 19.6 Å². The molecule has 1 saturated heterocycles. The third-order valence-corrected chi connectivity index (χ3v) is 2.60. The normalized spacial score (nSPS) is 19.2. The van der Waals surface area contributed by atoms with Gasteiger partial charge in [0.05, 0.1) is 0 Å². The number of nitrogens with two attached hydrogens (primary N) is 1. The van der Waals surface area contributed by atoms with Crippen molar-refractivity contribution >= 4 is 0 Å². The second kappa shape index (κ2) is 7.30. The van der Waals surface area contributed by atoms with Crippen LogP contribution in [0, 0.1) is 0 Å². The zero-order valence-electron chi connectivity index (χ0n) is 8.60. The second-order valence-corrected chi connectivity index (χ2v) is 3.79. The summed E-state index contributed by atoms with van der Waals surface area (Å²) in [7, 11) is 0. The maximum absolute atomic E-state index is 5.38. The summed E-state index contributed by atoms with van der Waals surface area (Å²) in [6.45, 7) is 6.72. The molecule has 0 radical (unpaired) electrons. The first-order valence-electron chi connectivity index (χ1n) is 5.56. The largest absolute Gasteiger partial charge is 0.329 e. The Morgan fingerprint density at radius 1 is 1.08 bits per heavy atom. The number of piperidine rings is 1. The van der Waals surface area contributed by atoms with Crippen molar-refractivity contribution in [3.05, 3.63) is 0 Å². The van der Waals surface area contributed by atoms with Gasteiger partial charge in [0.25, 0.3) is 0 Å². The molecule has 78 valence electrons. The highest BCUT2D eigenvalue weighted by Gasteiger charge is 2.08. The van der Waals surface area contributed by atoms with Crippen LogP contribution in [-0.2, 0) is 0 Å². The van der Waals surface area contributed by atoms with Gasteiger partial charge in [-0.25, -0.2) is 0 Å². The zero-order chi connectivity index (χ0) is 9.36. The molecule has 1 rings (SSSR count). The monoisotopic (exact) mass is 185 g/mol. The summed E-state index contributed by atoms with van der Waals surface area (Å²) in [6, 6.07) is 0. The lowest BCUT2D eigenvalue weighted by Gasteiger charge is -2.26. The minimum absolute atomic E-state index is 0.754. The van der Waals surface area contributed by atoms with E-state index < -0.39 is 0 Å². The van der Waals surface area contributed by atoms with E-state index in [9.17, 15) is 0 Å². The molecule has 1 fully saturated rings. The van der Waals surface area contributed by atoms with Crippen LogP contribution in [0.4, 0.5) is 0 Å². The molecule has 0 saturated carbocycles. The van der Waals surface area contributed by atoms with E-state index in [1.807, 2.05) is 0 Å². The van der Waals surface area contributed by atoms with E-state index in [-0.39, 0.29) is 0 Å². The maximum atomic E-state index is 5.38. The molecule has 0 aliphatic carbocycles. The summed E-state index contributed by atoms with van der Waals surface area (Å²) in [5.74, 6) is 0. The predicted molar refractivity (Wildman–Crippen MR) is 56.8 cm³/mol. The van der Waals surface area contributed by atoms with E-state index in [1.54, 1.807) is 0 Å². The van der Waals surface area contributed by atoms with E-state index in [2.05, 4.69) is 10.2 Å². The standard InChI is InChI=1S/C10H23N3/c11-5-7-12-6-4-10-13-8-2-1-3-9-13/h12H,1-11H2.